The molecule has 24 heavy (non-hydrogen) atoms. The molecule has 5 heteroatoms. The van der Waals surface area contributed by atoms with Crippen LogP contribution in [0.2, 0.25) is 0 Å². The van der Waals surface area contributed by atoms with Gasteiger partial charge in [-0.2, -0.15) is 0 Å². The summed E-state index contributed by atoms with van der Waals surface area (Å²) < 4.78 is 23.7. The lowest BCUT2D eigenvalue weighted by Crippen LogP contribution is -2.18. The summed E-state index contributed by atoms with van der Waals surface area (Å²) in [5, 5.41) is 0. The van der Waals surface area contributed by atoms with Crippen molar-refractivity contribution < 1.29 is 18.4 Å². The van der Waals surface area contributed by atoms with Gasteiger partial charge in [0.1, 0.15) is 0 Å². The largest absolute Gasteiger partial charge is 0.334 e. The molecule has 4 nitrogen and oxygen atoms in total. The van der Waals surface area contributed by atoms with Gasteiger partial charge in [-0.25, -0.2) is 0 Å². The summed E-state index contributed by atoms with van der Waals surface area (Å²) in [5.41, 5.74) is 1.46. The molecule has 0 N–H and O–H groups in total. The SMILES string of the molecule is CCOP(=O)(OCC)C(CC)CC(=O)c1ccc(C(C)(C)C)cc1. The lowest BCUT2D eigenvalue weighted by atomic mass is 9.86. The number of hydrogen-bond acceptors (Lipinski definition) is 4. The van der Waals surface area contributed by atoms with E-state index in [1.54, 1.807) is 13.8 Å². The maximum absolute atomic E-state index is 12.9. The van der Waals surface area contributed by atoms with Gasteiger partial charge in [-0.15, -0.1) is 0 Å². The third-order valence-electron chi connectivity index (χ3n) is 4.03. The zero-order valence-corrected chi connectivity index (χ0v) is 16.7. The molecule has 0 aliphatic rings. The topological polar surface area (TPSA) is 52.6 Å². The van der Waals surface area contributed by atoms with Crippen molar-refractivity contribution in [1.82, 2.24) is 0 Å². The Morgan fingerprint density at radius 1 is 1.04 bits per heavy atom. The van der Waals surface area contributed by atoms with Gasteiger partial charge in [0, 0.05) is 12.0 Å². The van der Waals surface area contributed by atoms with Crippen LogP contribution in [-0.2, 0) is 19.0 Å². The average molecular weight is 354 g/mol. The molecule has 0 saturated carbocycles. The Morgan fingerprint density at radius 3 is 1.92 bits per heavy atom. The molecule has 1 aromatic rings. The van der Waals surface area contributed by atoms with Gasteiger partial charge in [0.25, 0.3) is 0 Å². The smallest absolute Gasteiger partial charge is 0.309 e. The Labute approximate surface area is 146 Å². The minimum atomic E-state index is -3.26. The molecular formula is C19H31O4P. The lowest BCUT2D eigenvalue weighted by molar-refractivity contribution is 0.0973. The van der Waals surface area contributed by atoms with E-state index in [-0.39, 0.29) is 17.6 Å². The molecule has 0 bridgehead atoms. The summed E-state index contributed by atoms with van der Waals surface area (Å²) in [7, 11) is -3.26. The van der Waals surface area contributed by atoms with Crippen LogP contribution in [0.4, 0.5) is 0 Å². The molecule has 0 aliphatic carbocycles. The second-order valence-electron chi connectivity index (χ2n) is 6.89. The normalized spacial score (nSPS) is 13.8. The highest BCUT2D eigenvalue weighted by Crippen LogP contribution is 2.55. The second-order valence-corrected chi connectivity index (χ2v) is 9.22. The fourth-order valence-electron chi connectivity index (χ4n) is 2.58. The predicted molar refractivity (Wildman–Crippen MR) is 99.0 cm³/mol. The summed E-state index contributed by atoms with van der Waals surface area (Å²) in [6, 6.07) is 7.67. The van der Waals surface area contributed by atoms with Gasteiger partial charge in [-0.1, -0.05) is 52.0 Å². The number of hydrogen-bond donors (Lipinski definition) is 0. The minimum Gasteiger partial charge on any atom is -0.309 e. The third kappa shape index (κ3) is 5.54. The van der Waals surface area contributed by atoms with Crippen molar-refractivity contribution >= 4 is 13.4 Å². The van der Waals surface area contributed by atoms with Crippen LogP contribution in [0.1, 0.15) is 70.3 Å². The van der Waals surface area contributed by atoms with Crippen molar-refractivity contribution in [2.24, 2.45) is 0 Å². The molecule has 0 radical (unpaired) electrons. The van der Waals surface area contributed by atoms with Crippen molar-refractivity contribution in [3.63, 3.8) is 0 Å². The molecule has 1 unspecified atom stereocenters. The number of carbonyl (C=O) groups is 1. The monoisotopic (exact) mass is 354 g/mol. The van der Waals surface area contributed by atoms with Crippen LogP contribution >= 0.6 is 7.60 Å². The first-order valence-electron chi connectivity index (χ1n) is 8.70. The van der Waals surface area contributed by atoms with Crippen molar-refractivity contribution in [2.45, 2.75) is 65.5 Å². The van der Waals surface area contributed by atoms with E-state index in [1.165, 1.54) is 5.56 Å². The lowest BCUT2D eigenvalue weighted by Gasteiger charge is -2.25. The standard InChI is InChI=1S/C19H31O4P/c1-7-17(24(21,22-8-2)23-9-3)14-18(20)15-10-12-16(13-11-15)19(4,5)6/h10-13,17H,7-9,14H2,1-6H3. The first-order valence-corrected chi connectivity index (χ1v) is 10.3. The van der Waals surface area contributed by atoms with Gasteiger partial charge in [0.2, 0.25) is 0 Å². The zero-order valence-electron chi connectivity index (χ0n) is 15.8. The second kappa shape index (κ2) is 8.94. The quantitative estimate of drug-likeness (QED) is 0.428. The molecule has 0 heterocycles. The van der Waals surface area contributed by atoms with E-state index < -0.39 is 13.3 Å². The Balaban J connectivity index is 2.92. The van der Waals surface area contributed by atoms with Gasteiger partial charge in [-0.05, 0) is 31.2 Å². The Morgan fingerprint density at radius 2 is 1.54 bits per heavy atom. The van der Waals surface area contributed by atoms with Crippen molar-refractivity contribution in [3.8, 4) is 0 Å². The van der Waals surface area contributed by atoms with Crippen LogP contribution in [0, 0.1) is 0 Å². The molecule has 1 rings (SSSR count). The highest BCUT2D eigenvalue weighted by Gasteiger charge is 2.35. The highest BCUT2D eigenvalue weighted by atomic mass is 31.2. The van der Waals surface area contributed by atoms with Gasteiger partial charge in [0.15, 0.2) is 5.78 Å². The van der Waals surface area contributed by atoms with Crippen molar-refractivity contribution in [1.29, 1.82) is 0 Å². The summed E-state index contributed by atoms with van der Waals surface area (Å²) >= 11 is 0. The van der Waals surface area contributed by atoms with Crippen LogP contribution in [0.25, 0.3) is 0 Å². The van der Waals surface area contributed by atoms with Gasteiger partial charge in [-0.3, -0.25) is 9.36 Å². The van der Waals surface area contributed by atoms with E-state index >= 15 is 0 Å². The molecule has 0 aromatic heterocycles. The molecule has 0 aliphatic heterocycles. The van der Waals surface area contributed by atoms with E-state index in [0.717, 1.165) is 0 Å². The molecule has 1 aromatic carbocycles. The Bertz CT molecular complexity index is 562. The summed E-state index contributed by atoms with van der Waals surface area (Å²) in [4.78, 5) is 12.6. The third-order valence-corrected chi connectivity index (χ3v) is 6.71. The van der Waals surface area contributed by atoms with E-state index in [4.69, 9.17) is 9.05 Å². The fourth-order valence-corrected chi connectivity index (χ4v) is 4.63. The van der Waals surface area contributed by atoms with Crippen molar-refractivity contribution in [2.75, 3.05) is 13.2 Å². The average Bonchev–Trinajstić information content (AvgIpc) is 2.52. The summed E-state index contributed by atoms with van der Waals surface area (Å²) in [5.74, 6) is -0.0260. The number of benzene rings is 1. The molecule has 136 valence electrons. The fraction of sp³-hybridized carbons (Fsp3) is 0.632. The summed E-state index contributed by atoms with van der Waals surface area (Å²) in [6.45, 7) is 12.5. The van der Waals surface area contributed by atoms with Crippen LogP contribution in [0.15, 0.2) is 24.3 Å². The molecule has 1 atom stereocenters. The first kappa shape index (κ1) is 21.1. The Hall–Kier alpha value is -0.960. The number of rotatable bonds is 9. The van der Waals surface area contributed by atoms with E-state index in [2.05, 4.69) is 20.8 Å². The molecule has 0 fully saturated rings. The molecule has 0 saturated heterocycles. The van der Waals surface area contributed by atoms with Gasteiger partial charge >= 0.3 is 7.60 Å². The first-order chi connectivity index (χ1) is 11.2. The van der Waals surface area contributed by atoms with Crippen LogP contribution in [0.5, 0.6) is 0 Å². The Kier molecular flexibility index (Phi) is 7.85. The van der Waals surface area contributed by atoms with E-state index in [9.17, 15) is 9.36 Å². The molecule has 0 amide bonds. The van der Waals surface area contributed by atoms with Gasteiger partial charge < -0.3 is 9.05 Å². The van der Waals surface area contributed by atoms with Crippen molar-refractivity contribution in [3.05, 3.63) is 35.4 Å². The number of carbonyl (C=O) groups excluding carboxylic acids is 1. The van der Waals surface area contributed by atoms with E-state index in [0.29, 0.717) is 25.2 Å². The maximum atomic E-state index is 12.9. The van der Waals surface area contributed by atoms with E-state index in [1.807, 2.05) is 31.2 Å². The van der Waals surface area contributed by atoms with Gasteiger partial charge in [0.05, 0.1) is 18.9 Å². The number of ketones is 1. The van der Waals surface area contributed by atoms with Crippen LogP contribution < -0.4 is 0 Å². The maximum Gasteiger partial charge on any atom is 0.334 e. The summed E-state index contributed by atoms with van der Waals surface area (Å²) in [6.07, 6.45) is 0.742. The van der Waals surface area contributed by atoms with Crippen LogP contribution in [0.3, 0.4) is 0 Å². The molecule has 0 spiro atoms. The molecular weight excluding hydrogens is 323 g/mol. The highest BCUT2D eigenvalue weighted by molar-refractivity contribution is 7.54. The van der Waals surface area contributed by atoms with Crippen LogP contribution in [-0.4, -0.2) is 24.7 Å². The predicted octanol–water partition coefficient (Wildman–Crippen LogP) is 5.60. The number of Topliss-reactive ketones (excluding diaryl/α,β-unsaturated/α-hetero) is 1. The minimum absolute atomic E-state index is 0.0260. The zero-order chi connectivity index (χ0) is 18.4.